The highest BCUT2D eigenvalue weighted by Crippen LogP contribution is 2.05. The van der Waals surface area contributed by atoms with Gasteiger partial charge in [0.25, 0.3) is 5.91 Å². The highest BCUT2D eigenvalue weighted by Gasteiger charge is 2.10. The van der Waals surface area contributed by atoms with Crippen LogP contribution in [-0.2, 0) is 14.3 Å². The molecule has 0 saturated heterocycles. The van der Waals surface area contributed by atoms with E-state index in [1.807, 2.05) is 22.6 Å². The number of nitrogens with zero attached hydrogens (tertiary/aromatic N) is 1. The third kappa shape index (κ3) is 6.72. The molecule has 0 aliphatic carbocycles. The Morgan fingerprint density at radius 1 is 1.53 bits per heavy atom. The quantitative estimate of drug-likeness (QED) is 0.318. The Morgan fingerprint density at radius 3 is 2.60 bits per heavy atom. The molecule has 0 heterocycles. The van der Waals surface area contributed by atoms with Crippen LogP contribution in [0.15, 0.2) is 10.2 Å². The van der Waals surface area contributed by atoms with Crippen LogP contribution in [-0.4, -0.2) is 42.9 Å². The van der Waals surface area contributed by atoms with Crippen molar-refractivity contribution in [3.63, 3.8) is 0 Å². The summed E-state index contributed by atoms with van der Waals surface area (Å²) in [4.78, 5) is 23.6. The van der Waals surface area contributed by atoms with Gasteiger partial charge in [0.2, 0.25) is 0 Å². The topological polar surface area (TPSA) is 46.6 Å². The summed E-state index contributed by atoms with van der Waals surface area (Å²) in [6.07, 6.45) is 0.193. The molecule has 0 N–H and O–H groups in total. The Hall–Kier alpha value is -0.300. The molecule has 1 amide bonds. The van der Waals surface area contributed by atoms with Gasteiger partial charge < -0.3 is 9.64 Å². The summed E-state index contributed by atoms with van der Waals surface area (Å²) in [5, 5.41) is 0. The van der Waals surface area contributed by atoms with Crippen molar-refractivity contribution in [2.24, 2.45) is 0 Å². The van der Waals surface area contributed by atoms with Crippen molar-refractivity contribution in [1.29, 1.82) is 0 Å². The van der Waals surface area contributed by atoms with Gasteiger partial charge in [-0.3, -0.25) is 9.59 Å². The van der Waals surface area contributed by atoms with Gasteiger partial charge in [-0.15, -0.1) is 11.6 Å². The molecule has 0 aliphatic rings. The maximum absolute atomic E-state index is 11.3. The average molecular weight is 346 g/mol. The minimum atomic E-state index is -0.348. The fraction of sp³-hybridized carbons (Fsp3) is 0.556. The summed E-state index contributed by atoms with van der Waals surface area (Å²) in [6.45, 7) is 4.06. The number of carbonyl (C=O) groups is 2. The maximum atomic E-state index is 11.3. The van der Waals surface area contributed by atoms with Crippen molar-refractivity contribution in [1.82, 2.24) is 4.90 Å². The van der Waals surface area contributed by atoms with E-state index in [9.17, 15) is 9.59 Å². The lowest BCUT2D eigenvalue weighted by atomic mass is 10.5. The largest absolute Gasteiger partial charge is 0.464 e. The Kier molecular flexibility index (Phi) is 7.76. The van der Waals surface area contributed by atoms with E-state index in [2.05, 4.69) is 6.58 Å². The number of esters is 1. The number of alkyl halides is 1. The molecule has 0 aromatic heterocycles. The molecule has 0 rings (SSSR count). The van der Waals surface area contributed by atoms with Gasteiger partial charge in [0, 0.05) is 12.9 Å². The summed E-state index contributed by atoms with van der Waals surface area (Å²) in [5.41, 5.74) is 0. The molecule has 0 unspecified atom stereocenters. The zero-order valence-electron chi connectivity index (χ0n) is 8.46. The van der Waals surface area contributed by atoms with Crippen molar-refractivity contribution in [2.45, 2.75) is 6.42 Å². The Balaban J connectivity index is 3.72. The van der Waals surface area contributed by atoms with Gasteiger partial charge in [-0.05, 0) is 22.6 Å². The van der Waals surface area contributed by atoms with E-state index >= 15 is 0 Å². The molecule has 0 aromatic carbocycles. The molecule has 0 atom stereocenters. The number of rotatable bonds is 6. The summed E-state index contributed by atoms with van der Waals surface area (Å²) >= 11 is 7.20. The van der Waals surface area contributed by atoms with E-state index in [1.165, 1.54) is 4.90 Å². The van der Waals surface area contributed by atoms with Crippen molar-refractivity contribution in [2.75, 3.05) is 26.1 Å². The normalized spacial score (nSPS) is 9.53. The molecule has 0 fully saturated rings. The fourth-order valence-electron chi connectivity index (χ4n) is 0.754. The molecule has 86 valence electrons. The van der Waals surface area contributed by atoms with Crippen molar-refractivity contribution in [3.05, 3.63) is 10.2 Å². The molecular formula is C9H13ClINO3. The smallest absolute Gasteiger partial charge is 0.307 e. The Labute approximate surface area is 108 Å². The molecule has 0 bridgehead atoms. The van der Waals surface area contributed by atoms with E-state index in [1.54, 1.807) is 7.05 Å². The number of carbonyl (C=O) groups excluding carboxylic acids is 2. The predicted octanol–water partition coefficient (Wildman–Crippen LogP) is 1.57. The van der Waals surface area contributed by atoms with Gasteiger partial charge in [-0.2, -0.15) is 0 Å². The molecule has 0 saturated carbocycles. The lowest BCUT2D eigenvalue weighted by molar-refractivity contribution is -0.144. The van der Waals surface area contributed by atoms with Crippen LogP contribution in [0.4, 0.5) is 0 Å². The lowest BCUT2D eigenvalue weighted by Crippen LogP contribution is -2.30. The number of hydrogen-bond donors (Lipinski definition) is 0. The van der Waals surface area contributed by atoms with Gasteiger partial charge in [0.1, 0.15) is 6.61 Å². The summed E-state index contributed by atoms with van der Waals surface area (Å²) in [5.74, 6) is -0.263. The van der Waals surface area contributed by atoms with Crippen LogP contribution in [0.5, 0.6) is 0 Å². The second-order valence-corrected chi connectivity index (χ2v) is 4.47. The van der Waals surface area contributed by atoms with Gasteiger partial charge >= 0.3 is 5.97 Å². The van der Waals surface area contributed by atoms with Crippen LogP contribution in [0.2, 0.25) is 0 Å². The van der Waals surface area contributed by atoms with E-state index in [-0.39, 0.29) is 30.8 Å². The van der Waals surface area contributed by atoms with Crippen LogP contribution in [0.3, 0.4) is 0 Å². The van der Waals surface area contributed by atoms with Crippen LogP contribution < -0.4 is 0 Å². The van der Waals surface area contributed by atoms with Crippen molar-refractivity contribution < 1.29 is 14.3 Å². The number of ether oxygens (including phenoxy) is 1. The van der Waals surface area contributed by atoms with E-state index in [0.717, 1.165) is 0 Å². The fourth-order valence-corrected chi connectivity index (χ4v) is 1.32. The summed E-state index contributed by atoms with van der Waals surface area (Å²) in [7, 11) is 1.63. The van der Waals surface area contributed by atoms with E-state index < -0.39 is 0 Å². The van der Waals surface area contributed by atoms with Gasteiger partial charge in [0.05, 0.1) is 16.5 Å². The molecule has 0 aromatic rings. The highest BCUT2D eigenvalue weighted by molar-refractivity contribution is 14.1. The molecule has 15 heavy (non-hydrogen) atoms. The minimum Gasteiger partial charge on any atom is -0.464 e. The first-order chi connectivity index (χ1) is 6.99. The van der Waals surface area contributed by atoms with Gasteiger partial charge in [-0.1, -0.05) is 6.58 Å². The third-order valence-electron chi connectivity index (χ3n) is 1.57. The second kappa shape index (κ2) is 7.92. The summed E-state index contributed by atoms with van der Waals surface area (Å²) in [6, 6.07) is 0. The Morgan fingerprint density at radius 2 is 2.13 bits per heavy atom. The number of likely N-dealkylation sites (N-methyl/N-ethyl adjacent to an activating group) is 1. The first-order valence-electron chi connectivity index (χ1n) is 4.30. The van der Waals surface area contributed by atoms with Crippen molar-refractivity contribution in [3.8, 4) is 0 Å². The van der Waals surface area contributed by atoms with E-state index in [0.29, 0.717) is 10.1 Å². The molecular weight excluding hydrogens is 332 g/mol. The maximum Gasteiger partial charge on any atom is 0.307 e. The molecule has 0 spiro atoms. The average Bonchev–Trinajstić information content (AvgIpc) is 2.16. The van der Waals surface area contributed by atoms with Gasteiger partial charge in [0.15, 0.2) is 0 Å². The molecule has 6 heteroatoms. The zero-order valence-corrected chi connectivity index (χ0v) is 11.4. The number of amides is 1. The molecule has 4 nitrogen and oxygen atoms in total. The van der Waals surface area contributed by atoms with E-state index in [4.69, 9.17) is 16.3 Å². The molecule has 0 radical (unpaired) electrons. The second-order valence-electron chi connectivity index (χ2n) is 2.79. The van der Waals surface area contributed by atoms with Crippen LogP contribution >= 0.6 is 34.2 Å². The predicted molar refractivity (Wildman–Crippen MR) is 67.1 cm³/mol. The number of halogens is 2. The van der Waals surface area contributed by atoms with Crippen molar-refractivity contribution >= 4 is 46.1 Å². The lowest BCUT2D eigenvalue weighted by Gasteiger charge is -2.16. The third-order valence-corrected chi connectivity index (χ3v) is 2.22. The summed E-state index contributed by atoms with van der Waals surface area (Å²) < 4.78 is 5.27. The highest BCUT2D eigenvalue weighted by atomic mass is 127. The van der Waals surface area contributed by atoms with Crippen LogP contribution in [0.25, 0.3) is 0 Å². The molecule has 0 aliphatic heterocycles. The zero-order chi connectivity index (χ0) is 11.8. The van der Waals surface area contributed by atoms with Crippen LogP contribution in [0, 0.1) is 0 Å². The standard InChI is InChI=1S/C9H13ClINO3/c1-7(11)9(14)12(2)5-6-15-8(13)3-4-10/h1,3-6H2,2H3. The van der Waals surface area contributed by atoms with Crippen LogP contribution in [0.1, 0.15) is 6.42 Å². The number of hydrogen-bond acceptors (Lipinski definition) is 3. The SMILES string of the molecule is C=C(I)C(=O)N(C)CCOC(=O)CCCl. The van der Waals surface area contributed by atoms with Gasteiger partial charge in [-0.25, -0.2) is 0 Å². The monoisotopic (exact) mass is 345 g/mol. The Bertz CT molecular complexity index is 258. The minimum absolute atomic E-state index is 0.163. The first kappa shape index (κ1) is 14.7. The first-order valence-corrected chi connectivity index (χ1v) is 5.91.